The molecule has 21 heavy (non-hydrogen) atoms. The van der Waals surface area contributed by atoms with E-state index in [1.54, 1.807) is 6.92 Å². The first-order chi connectivity index (χ1) is 9.93. The van der Waals surface area contributed by atoms with E-state index < -0.39 is 12.0 Å². The van der Waals surface area contributed by atoms with Crippen LogP contribution >= 0.6 is 0 Å². The van der Waals surface area contributed by atoms with Gasteiger partial charge in [-0.3, -0.25) is 14.5 Å². The Morgan fingerprint density at radius 1 is 1.29 bits per heavy atom. The second-order valence-electron chi connectivity index (χ2n) is 5.94. The molecule has 0 aromatic carbocycles. The van der Waals surface area contributed by atoms with Crippen molar-refractivity contribution in [1.82, 2.24) is 4.90 Å². The molecule has 120 valence electrons. The highest BCUT2D eigenvalue weighted by atomic mass is 16.5. The lowest BCUT2D eigenvalue weighted by Crippen LogP contribution is -2.49. The number of hydrogen-bond donors (Lipinski definition) is 0. The van der Waals surface area contributed by atoms with Gasteiger partial charge in [0.15, 0.2) is 0 Å². The number of imide groups is 1. The number of unbranched alkanes of at least 4 members (excludes halogenated alkanes) is 2. The number of amides is 2. The molecule has 0 aliphatic carbocycles. The van der Waals surface area contributed by atoms with Crippen LogP contribution in [-0.4, -0.2) is 35.3 Å². The van der Waals surface area contributed by atoms with Gasteiger partial charge in [-0.05, 0) is 19.3 Å². The topological polar surface area (TPSA) is 63.7 Å². The molecule has 1 aliphatic rings. The number of rotatable bonds is 8. The van der Waals surface area contributed by atoms with Gasteiger partial charge >= 0.3 is 5.97 Å². The summed E-state index contributed by atoms with van der Waals surface area (Å²) in [5, 5.41) is 0. The molecular formula is C16H27NO4. The lowest BCUT2D eigenvalue weighted by atomic mass is 9.99. The van der Waals surface area contributed by atoms with Gasteiger partial charge in [0.1, 0.15) is 6.04 Å². The minimum absolute atomic E-state index is 0.147. The van der Waals surface area contributed by atoms with Crippen LogP contribution in [0.2, 0.25) is 0 Å². The fraction of sp³-hybridized carbons (Fsp3) is 0.812. The zero-order valence-electron chi connectivity index (χ0n) is 13.6. The van der Waals surface area contributed by atoms with Crippen LogP contribution in [-0.2, 0) is 19.1 Å². The zero-order chi connectivity index (χ0) is 16.0. The van der Waals surface area contributed by atoms with E-state index in [-0.39, 0.29) is 36.7 Å². The first kappa shape index (κ1) is 17.7. The summed E-state index contributed by atoms with van der Waals surface area (Å²) in [4.78, 5) is 37.9. The number of ether oxygens (including phenoxy) is 1. The van der Waals surface area contributed by atoms with Gasteiger partial charge in [-0.25, -0.2) is 4.79 Å². The number of nitrogens with zero attached hydrogens (tertiary/aromatic N) is 1. The lowest BCUT2D eigenvalue weighted by molar-refractivity contribution is -0.160. The molecule has 1 heterocycles. The van der Waals surface area contributed by atoms with Gasteiger partial charge in [-0.1, -0.05) is 40.0 Å². The van der Waals surface area contributed by atoms with Crippen LogP contribution in [0.1, 0.15) is 59.8 Å². The molecule has 5 heteroatoms. The van der Waals surface area contributed by atoms with Gasteiger partial charge in [-0.2, -0.15) is 0 Å². The average Bonchev–Trinajstić information content (AvgIpc) is 2.67. The Morgan fingerprint density at radius 3 is 2.48 bits per heavy atom. The van der Waals surface area contributed by atoms with Crippen LogP contribution < -0.4 is 0 Å². The predicted octanol–water partition coefficient (Wildman–Crippen LogP) is 2.53. The molecule has 0 aromatic heterocycles. The number of esters is 1. The Kier molecular flexibility index (Phi) is 6.85. The van der Waals surface area contributed by atoms with E-state index in [1.165, 1.54) is 0 Å². The Balaban J connectivity index is 2.81. The molecular weight excluding hydrogens is 270 g/mol. The monoisotopic (exact) mass is 297 g/mol. The Morgan fingerprint density at radius 2 is 1.95 bits per heavy atom. The van der Waals surface area contributed by atoms with Gasteiger partial charge in [0, 0.05) is 12.3 Å². The summed E-state index contributed by atoms with van der Waals surface area (Å²) in [5.41, 5.74) is 0. The second kappa shape index (κ2) is 8.15. The van der Waals surface area contributed by atoms with Crippen LogP contribution in [0.4, 0.5) is 0 Å². The largest absolute Gasteiger partial charge is 0.464 e. The highest BCUT2D eigenvalue weighted by molar-refractivity contribution is 6.06. The van der Waals surface area contributed by atoms with Crippen LogP contribution in [0.5, 0.6) is 0 Å². The van der Waals surface area contributed by atoms with E-state index in [0.717, 1.165) is 30.6 Å². The maximum atomic E-state index is 12.5. The maximum absolute atomic E-state index is 12.5. The van der Waals surface area contributed by atoms with Crippen molar-refractivity contribution in [1.29, 1.82) is 0 Å². The number of hydrogen-bond acceptors (Lipinski definition) is 4. The van der Waals surface area contributed by atoms with Crippen molar-refractivity contribution < 1.29 is 19.1 Å². The van der Waals surface area contributed by atoms with Crippen molar-refractivity contribution in [3.05, 3.63) is 0 Å². The van der Waals surface area contributed by atoms with E-state index >= 15 is 0 Å². The van der Waals surface area contributed by atoms with Crippen LogP contribution in [0.25, 0.3) is 0 Å². The first-order valence-corrected chi connectivity index (χ1v) is 7.96. The molecule has 1 saturated heterocycles. The minimum atomic E-state index is -0.791. The molecule has 0 radical (unpaired) electrons. The standard InChI is InChI=1S/C16H27NO4/c1-5-7-8-9-12-10-13(18)17(15(12)19)14(11(3)4)16(20)21-6-2/h11-12,14H,5-10H2,1-4H3. The maximum Gasteiger partial charge on any atom is 0.329 e. The Hall–Kier alpha value is -1.39. The van der Waals surface area contributed by atoms with Crippen molar-refractivity contribution in [2.45, 2.75) is 65.8 Å². The Bertz CT molecular complexity index is 392. The van der Waals surface area contributed by atoms with E-state index in [9.17, 15) is 14.4 Å². The third kappa shape index (κ3) is 4.29. The minimum Gasteiger partial charge on any atom is -0.464 e. The summed E-state index contributed by atoms with van der Waals surface area (Å²) >= 11 is 0. The molecule has 0 spiro atoms. The summed E-state index contributed by atoms with van der Waals surface area (Å²) < 4.78 is 5.02. The summed E-state index contributed by atoms with van der Waals surface area (Å²) in [6.45, 7) is 7.72. The third-order valence-electron chi connectivity index (χ3n) is 3.87. The average molecular weight is 297 g/mol. The van der Waals surface area contributed by atoms with Crippen molar-refractivity contribution in [2.75, 3.05) is 6.61 Å². The van der Waals surface area contributed by atoms with Crippen molar-refractivity contribution in [2.24, 2.45) is 11.8 Å². The third-order valence-corrected chi connectivity index (χ3v) is 3.87. The molecule has 1 fully saturated rings. The quantitative estimate of drug-likeness (QED) is 0.392. The molecule has 2 unspecified atom stereocenters. The highest BCUT2D eigenvalue weighted by Gasteiger charge is 2.45. The van der Waals surface area contributed by atoms with Gasteiger partial charge in [-0.15, -0.1) is 0 Å². The molecule has 1 rings (SSSR count). The molecule has 1 aliphatic heterocycles. The number of likely N-dealkylation sites (tertiary alicyclic amines) is 1. The summed E-state index contributed by atoms with van der Waals surface area (Å²) in [5.74, 6) is -1.34. The van der Waals surface area contributed by atoms with Crippen LogP contribution in [0.15, 0.2) is 0 Å². The number of carbonyl (C=O) groups excluding carboxylic acids is 3. The van der Waals surface area contributed by atoms with Crippen LogP contribution in [0, 0.1) is 11.8 Å². The summed E-state index contributed by atoms with van der Waals surface area (Å²) in [7, 11) is 0. The fourth-order valence-corrected chi connectivity index (χ4v) is 2.78. The van der Waals surface area contributed by atoms with Gasteiger partial charge in [0.05, 0.1) is 6.61 Å². The van der Waals surface area contributed by atoms with E-state index in [1.807, 2.05) is 13.8 Å². The molecule has 2 atom stereocenters. The lowest BCUT2D eigenvalue weighted by Gasteiger charge is -2.27. The highest BCUT2D eigenvalue weighted by Crippen LogP contribution is 2.29. The van der Waals surface area contributed by atoms with Gasteiger partial charge < -0.3 is 4.74 Å². The fourth-order valence-electron chi connectivity index (χ4n) is 2.78. The zero-order valence-corrected chi connectivity index (χ0v) is 13.6. The molecule has 2 amide bonds. The SMILES string of the molecule is CCCCCC1CC(=O)N(C(C(=O)OCC)C(C)C)C1=O. The predicted molar refractivity (Wildman–Crippen MR) is 79.4 cm³/mol. The van der Waals surface area contributed by atoms with Crippen LogP contribution in [0.3, 0.4) is 0 Å². The van der Waals surface area contributed by atoms with E-state index in [0.29, 0.717) is 0 Å². The molecule has 0 aromatic rings. The summed E-state index contributed by atoms with van der Waals surface area (Å²) in [6.07, 6.45) is 4.03. The molecule has 5 nitrogen and oxygen atoms in total. The molecule has 0 saturated carbocycles. The Labute approximate surface area is 127 Å². The van der Waals surface area contributed by atoms with E-state index in [4.69, 9.17) is 4.74 Å². The van der Waals surface area contributed by atoms with Crippen molar-refractivity contribution >= 4 is 17.8 Å². The molecule has 0 N–H and O–H groups in total. The van der Waals surface area contributed by atoms with Crippen molar-refractivity contribution in [3.63, 3.8) is 0 Å². The van der Waals surface area contributed by atoms with Gasteiger partial charge in [0.2, 0.25) is 11.8 Å². The summed E-state index contributed by atoms with van der Waals surface area (Å²) in [6, 6.07) is -0.791. The first-order valence-electron chi connectivity index (χ1n) is 7.96. The second-order valence-corrected chi connectivity index (χ2v) is 5.94. The number of carbonyl (C=O) groups is 3. The molecule has 0 bridgehead atoms. The normalized spacial score (nSPS) is 20.2. The van der Waals surface area contributed by atoms with E-state index in [2.05, 4.69) is 6.92 Å². The smallest absolute Gasteiger partial charge is 0.329 e. The van der Waals surface area contributed by atoms with Gasteiger partial charge in [0.25, 0.3) is 0 Å². The van der Waals surface area contributed by atoms with Crippen molar-refractivity contribution in [3.8, 4) is 0 Å².